The number of nitrogens with two attached hydrogens (primary N) is 1. The van der Waals surface area contributed by atoms with E-state index in [1.807, 2.05) is 0 Å². The van der Waals surface area contributed by atoms with Crippen molar-refractivity contribution in [3.8, 4) is 0 Å². The topological polar surface area (TPSA) is 63.4 Å². The highest BCUT2D eigenvalue weighted by Gasteiger charge is 2.37. The van der Waals surface area contributed by atoms with Crippen LogP contribution in [0.5, 0.6) is 0 Å². The van der Waals surface area contributed by atoms with Crippen molar-refractivity contribution in [1.82, 2.24) is 4.31 Å². The summed E-state index contributed by atoms with van der Waals surface area (Å²) in [5.41, 5.74) is 5.43. The van der Waals surface area contributed by atoms with Crippen molar-refractivity contribution in [2.75, 3.05) is 13.1 Å². The van der Waals surface area contributed by atoms with Crippen LogP contribution < -0.4 is 5.73 Å². The Hall–Kier alpha value is -0.640. The Morgan fingerprint density at radius 1 is 1.40 bits per heavy atom. The second-order valence-corrected chi connectivity index (χ2v) is 7.54. The summed E-state index contributed by atoms with van der Waals surface area (Å²) in [6.45, 7) is 1.71. The molecule has 116 valence electrons. The van der Waals surface area contributed by atoms with E-state index in [9.17, 15) is 21.6 Å². The fourth-order valence-corrected chi connectivity index (χ4v) is 4.75. The molecule has 1 aromatic heterocycles. The zero-order valence-corrected chi connectivity index (χ0v) is 12.8. The van der Waals surface area contributed by atoms with Gasteiger partial charge in [-0.1, -0.05) is 6.92 Å². The molecule has 2 N–H and O–H groups in total. The van der Waals surface area contributed by atoms with Crippen molar-refractivity contribution in [2.45, 2.75) is 37.9 Å². The fourth-order valence-electron chi connectivity index (χ4n) is 1.75. The summed E-state index contributed by atoms with van der Waals surface area (Å²) in [6.07, 6.45) is -4.26. The van der Waals surface area contributed by atoms with Crippen molar-refractivity contribution in [1.29, 1.82) is 0 Å². The largest absolute Gasteiger partial charge is 0.402 e. The molecule has 0 aromatic carbocycles. The molecule has 0 amide bonds. The predicted molar refractivity (Wildman–Crippen MR) is 72.1 cm³/mol. The molecular formula is C11H17F3N2O2S2. The van der Waals surface area contributed by atoms with Crippen LogP contribution in [0.15, 0.2) is 11.0 Å². The molecule has 0 fully saturated rings. The van der Waals surface area contributed by atoms with Crippen molar-refractivity contribution in [3.63, 3.8) is 0 Å². The second-order valence-electron chi connectivity index (χ2n) is 4.29. The van der Waals surface area contributed by atoms with Crippen LogP contribution in [0, 0.1) is 6.92 Å². The number of sulfonamides is 1. The predicted octanol–water partition coefficient (Wildman–Crippen LogP) is 2.48. The normalized spacial score (nSPS) is 13.2. The highest BCUT2D eigenvalue weighted by molar-refractivity contribution is 7.89. The highest BCUT2D eigenvalue weighted by atomic mass is 32.2. The number of thiophene rings is 1. The molecule has 0 unspecified atom stereocenters. The lowest BCUT2D eigenvalue weighted by Gasteiger charge is -2.22. The van der Waals surface area contributed by atoms with E-state index in [4.69, 9.17) is 5.73 Å². The summed E-state index contributed by atoms with van der Waals surface area (Å²) in [4.78, 5) is 0.999. The Bertz CT molecular complexity index is 553. The molecule has 0 atom stereocenters. The lowest BCUT2D eigenvalue weighted by molar-refractivity contribution is -0.136. The molecule has 20 heavy (non-hydrogen) atoms. The summed E-state index contributed by atoms with van der Waals surface area (Å²) in [5, 5.41) is 0. The first-order valence-electron chi connectivity index (χ1n) is 5.98. The lowest BCUT2D eigenvalue weighted by Crippen LogP contribution is -2.39. The van der Waals surface area contributed by atoms with Gasteiger partial charge in [-0.15, -0.1) is 11.3 Å². The molecule has 0 spiro atoms. The van der Waals surface area contributed by atoms with Crippen LogP contribution in [0.2, 0.25) is 0 Å². The highest BCUT2D eigenvalue weighted by Crippen LogP contribution is 2.30. The molecule has 4 nitrogen and oxygen atoms in total. The molecule has 0 aliphatic heterocycles. The lowest BCUT2D eigenvalue weighted by atomic mass is 10.4. The first kappa shape index (κ1) is 17.4. The molecular weight excluding hydrogens is 313 g/mol. The van der Waals surface area contributed by atoms with Crippen LogP contribution in [0.1, 0.15) is 23.1 Å². The average Bonchev–Trinajstić information content (AvgIpc) is 2.69. The molecule has 0 saturated carbocycles. The first-order valence-corrected chi connectivity index (χ1v) is 8.23. The smallest absolute Gasteiger partial charge is 0.326 e. The number of hydrogen-bond acceptors (Lipinski definition) is 4. The van der Waals surface area contributed by atoms with Crippen LogP contribution in [-0.2, 0) is 16.6 Å². The molecule has 0 radical (unpaired) electrons. The number of aryl methyl sites for hydroxylation is 1. The summed E-state index contributed by atoms with van der Waals surface area (Å²) in [5.74, 6) is 0. The maximum absolute atomic E-state index is 12.5. The van der Waals surface area contributed by atoms with Crippen LogP contribution in [0.4, 0.5) is 13.2 Å². The maximum Gasteiger partial charge on any atom is 0.402 e. The number of halogens is 3. The SMILES string of the molecule is CCCN(CC(F)(F)F)S(=O)(=O)c1cc(CN)sc1C. The Morgan fingerprint density at radius 2 is 2.00 bits per heavy atom. The molecule has 1 aromatic rings. The third-order valence-corrected chi connectivity index (χ3v) is 5.74. The molecule has 0 bridgehead atoms. The van der Waals surface area contributed by atoms with Gasteiger partial charge in [0.15, 0.2) is 0 Å². The molecule has 0 saturated heterocycles. The third-order valence-electron chi connectivity index (χ3n) is 2.57. The van der Waals surface area contributed by atoms with Crippen molar-refractivity contribution >= 4 is 21.4 Å². The van der Waals surface area contributed by atoms with E-state index in [1.54, 1.807) is 13.8 Å². The van der Waals surface area contributed by atoms with Crippen LogP contribution in [0.3, 0.4) is 0 Å². The van der Waals surface area contributed by atoms with Crippen molar-refractivity contribution < 1.29 is 21.6 Å². The minimum Gasteiger partial charge on any atom is -0.326 e. The first-order chi connectivity index (χ1) is 9.11. The van der Waals surface area contributed by atoms with Gasteiger partial charge < -0.3 is 5.73 Å². The van der Waals surface area contributed by atoms with Crippen molar-refractivity contribution in [3.05, 3.63) is 15.8 Å². The van der Waals surface area contributed by atoms with Gasteiger partial charge >= 0.3 is 6.18 Å². The van der Waals surface area contributed by atoms with Gasteiger partial charge in [-0.3, -0.25) is 0 Å². The zero-order chi connectivity index (χ0) is 15.6. The van der Waals surface area contributed by atoms with Gasteiger partial charge in [0.1, 0.15) is 6.54 Å². The Balaban J connectivity index is 3.18. The van der Waals surface area contributed by atoms with Gasteiger partial charge in [0.2, 0.25) is 10.0 Å². The van der Waals surface area contributed by atoms with E-state index in [0.717, 1.165) is 0 Å². The standard InChI is InChI=1S/C11H17F3N2O2S2/c1-3-4-16(7-11(12,13)14)20(17,18)10-5-9(6-15)19-8(10)2/h5H,3-4,6-7,15H2,1-2H3. The van der Waals surface area contributed by atoms with Gasteiger partial charge in [0, 0.05) is 22.8 Å². The molecule has 0 aliphatic rings. The van der Waals surface area contributed by atoms with Gasteiger partial charge in [-0.2, -0.15) is 17.5 Å². The number of rotatable bonds is 6. The number of hydrogen-bond donors (Lipinski definition) is 1. The quantitative estimate of drug-likeness (QED) is 0.871. The van der Waals surface area contributed by atoms with Crippen LogP contribution >= 0.6 is 11.3 Å². The third kappa shape index (κ3) is 4.18. The maximum atomic E-state index is 12.5. The Kier molecular flexibility index (Phi) is 5.59. The molecule has 9 heteroatoms. The van der Waals surface area contributed by atoms with Crippen molar-refractivity contribution in [2.24, 2.45) is 5.73 Å². The molecule has 1 rings (SSSR count). The van der Waals surface area contributed by atoms with Gasteiger partial charge in [-0.25, -0.2) is 8.42 Å². The zero-order valence-electron chi connectivity index (χ0n) is 11.2. The van der Waals surface area contributed by atoms with E-state index >= 15 is 0 Å². The number of alkyl halides is 3. The number of nitrogens with zero attached hydrogens (tertiary/aromatic N) is 1. The molecule has 1 heterocycles. The summed E-state index contributed by atoms with van der Waals surface area (Å²) in [6, 6.07) is 1.36. The van der Waals surface area contributed by atoms with E-state index in [-0.39, 0.29) is 18.0 Å². The van der Waals surface area contributed by atoms with Crippen LogP contribution in [-0.4, -0.2) is 32.0 Å². The average molecular weight is 330 g/mol. The van der Waals surface area contributed by atoms with E-state index in [2.05, 4.69) is 0 Å². The minimum atomic E-state index is -4.57. The second kappa shape index (κ2) is 6.42. The summed E-state index contributed by atoms with van der Waals surface area (Å²) >= 11 is 1.18. The summed E-state index contributed by atoms with van der Waals surface area (Å²) in [7, 11) is -4.15. The Labute approximate surface area is 120 Å². The monoisotopic (exact) mass is 330 g/mol. The van der Waals surface area contributed by atoms with Gasteiger partial charge in [-0.05, 0) is 19.4 Å². The van der Waals surface area contributed by atoms with E-state index in [1.165, 1.54) is 17.4 Å². The van der Waals surface area contributed by atoms with E-state index < -0.39 is 22.7 Å². The van der Waals surface area contributed by atoms with E-state index in [0.29, 0.717) is 20.5 Å². The van der Waals surface area contributed by atoms with Gasteiger partial charge in [0.25, 0.3) is 0 Å². The molecule has 0 aliphatic carbocycles. The van der Waals surface area contributed by atoms with Crippen LogP contribution in [0.25, 0.3) is 0 Å². The minimum absolute atomic E-state index is 0.0827. The Morgan fingerprint density at radius 3 is 2.40 bits per heavy atom. The fraction of sp³-hybridized carbons (Fsp3) is 0.636. The summed E-state index contributed by atoms with van der Waals surface area (Å²) < 4.78 is 62.7. The van der Waals surface area contributed by atoms with Gasteiger partial charge in [0.05, 0.1) is 4.90 Å².